The fourth-order valence-corrected chi connectivity index (χ4v) is 7.64. The third-order valence-corrected chi connectivity index (χ3v) is 9.57. The summed E-state index contributed by atoms with van der Waals surface area (Å²) in [6.07, 6.45) is 0. The van der Waals surface area contributed by atoms with Gasteiger partial charge in [0.15, 0.2) is 0 Å². The van der Waals surface area contributed by atoms with Crippen molar-refractivity contribution >= 4 is 81.3 Å². The number of furan rings is 1. The van der Waals surface area contributed by atoms with Crippen LogP contribution in [0.3, 0.4) is 0 Å². The molecule has 3 heteroatoms. The van der Waals surface area contributed by atoms with Gasteiger partial charge in [-0.3, -0.25) is 0 Å². The average Bonchev–Trinajstić information content (AvgIpc) is 3.63. The number of fused-ring (bicyclic) bond motifs is 8. The molecule has 202 valence electrons. The molecule has 0 unspecified atom stereocenters. The minimum Gasteiger partial charge on any atom is -0.456 e. The van der Waals surface area contributed by atoms with Gasteiger partial charge < -0.3 is 9.32 Å². The Morgan fingerprint density at radius 2 is 1.16 bits per heavy atom. The summed E-state index contributed by atoms with van der Waals surface area (Å²) in [5.41, 5.74) is 7.44. The van der Waals surface area contributed by atoms with Crippen LogP contribution in [0, 0.1) is 0 Å². The zero-order valence-electron chi connectivity index (χ0n) is 23.2. The summed E-state index contributed by atoms with van der Waals surface area (Å²) in [6, 6.07) is 54.2. The third-order valence-electron chi connectivity index (χ3n) is 8.45. The van der Waals surface area contributed by atoms with Crippen LogP contribution >= 0.6 is 11.3 Å². The van der Waals surface area contributed by atoms with Crippen LogP contribution < -0.4 is 4.90 Å². The van der Waals surface area contributed by atoms with Crippen molar-refractivity contribution in [1.29, 1.82) is 0 Å². The molecule has 0 saturated heterocycles. The van der Waals surface area contributed by atoms with Gasteiger partial charge >= 0.3 is 0 Å². The second kappa shape index (κ2) is 9.59. The van der Waals surface area contributed by atoms with Crippen molar-refractivity contribution in [2.45, 2.75) is 0 Å². The number of hydrogen-bond acceptors (Lipinski definition) is 3. The van der Waals surface area contributed by atoms with Crippen LogP contribution in [0.2, 0.25) is 0 Å². The topological polar surface area (TPSA) is 16.4 Å². The van der Waals surface area contributed by atoms with E-state index in [0.29, 0.717) is 0 Å². The summed E-state index contributed by atoms with van der Waals surface area (Å²) >= 11 is 1.86. The Balaban J connectivity index is 1.30. The first-order valence-electron chi connectivity index (χ1n) is 14.5. The highest BCUT2D eigenvalue weighted by atomic mass is 32.1. The van der Waals surface area contributed by atoms with Crippen molar-refractivity contribution in [3.05, 3.63) is 152 Å². The highest BCUT2D eigenvalue weighted by molar-refractivity contribution is 7.26. The van der Waals surface area contributed by atoms with E-state index >= 15 is 0 Å². The summed E-state index contributed by atoms with van der Waals surface area (Å²) in [7, 11) is 0. The van der Waals surface area contributed by atoms with E-state index in [0.717, 1.165) is 39.0 Å². The second-order valence-corrected chi connectivity index (χ2v) is 12.0. The van der Waals surface area contributed by atoms with Crippen LogP contribution in [-0.4, -0.2) is 0 Å². The van der Waals surface area contributed by atoms with Gasteiger partial charge in [-0.2, -0.15) is 0 Å². The Morgan fingerprint density at radius 3 is 2.07 bits per heavy atom. The van der Waals surface area contributed by atoms with Gasteiger partial charge in [0.05, 0.1) is 5.69 Å². The zero-order valence-corrected chi connectivity index (χ0v) is 24.0. The normalized spacial score (nSPS) is 11.7. The maximum Gasteiger partial charge on any atom is 0.137 e. The summed E-state index contributed by atoms with van der Waals surface area (Å²) < 4.78 is 8.94. The highest BCUT2D eigenvalue weighted by Crippen LogP contribution is 2.45. The number of benzene rings is 7. The molecule has 0 N–H and O–H groups in total. The van der Waals surface area contributed by atoms with E-state index in [2.05, 4.69) is 144 Å². The first-order chi connectivity index (χ1) is 21.3. The lowest BCUT2D eigenvalue weighted by Crippen LogP contribution is -2.11. The summed E-state index contributed by atoms with van der Waals surface area (Å²) in [5.74, 6) is 0. The van der Waals surface area contributed by atoms with Gasteiger partial charge in [-0.15, -0.1) is 11.3 Å². The smallest absolute Gasteiger partial charge is 0.137 e. The lowest BCUT2D eigenvalue weighted by atomic mass is 10.0. The molecule has 2 nitrogen and oxygen atoms in total. The predicted molar refractivity (Wildman–Crippen MR) is 184 cm³/mol. The molecule has 0 radical (unpaired) electrons. The van der Waals surface area contributed by atoms with E-state index in [1.807, 2.05) is 23.5 Å². The molecular weight excluding hydrogens is 543 g/mol. The Labute approximate surface area is 252 Å². The minimum atomic E-state index is 0.885. The number of rotatable bonds is 4. The fraction of sp³-hybridized carbons (Fsp3) is 0. The molecule has 0 amide bonds. The standard InChI is InChI=1S/C40H25NOS/c1-2-10-26(11-3-1)30-13-6-8-16-35(30)41(28-19-21-33-32-15-7-9-17-36(32)42-37(33)24-28)29-20-22-34-39(25-29)43-38-23-18-27-12-4-5-14-31(27)40(34)38/h1-25H. The van der Waals surface area contributed by atoms with Crippen LogP contribution in [0.1, 0.15) is 0 Å². The van der Waals surface area contributed by atoms with Crippen molar-refractivity contribution in [3.8, 4) is 11.1 Å². The largest absolute Gasteiger partial charge is 0.456 e. The molecule has 0 aliphatic rings. The van der Waals surface area contributed by atoms with Crippen LogP contribution in [0.15, 0.2) is 156 Å². The minimum absolute atomic E-state index is 0.885. The van der Waals surface area contributed by atoms with Gasteiger partial charge in [-0.1, -0.05) is 103 Å². The monoisotopic (exact) mass is 567 g/mol. The van der Waals surface area contributed by atoms with Gasteiger partial charge in [0.1, 0.15) is 11.2 Å². The maximum atomic E-state index is 6.36. The molecule has 0 atom stereocenters. The molecule has 0 bridgehead atoms. The molecule has 0 aliphatic heterocycles. The fourth-order valence-electron chi connectivity index (χ4n) is 6.49. The predicted octanol–water partition coefficient (Wildman–Crippen LogP) is 12.2. The SMILES string of the molecule is c1ccc(-c2ccccc2N(c2ccc3c(c2)oc2ccccc23)c2ccc3c(c2)sc2ccc4ccccc4c23)cc1. The number of nitrogens with zero attached hydrogens (tertiary/aromatic N) is 1. The van der Waals surface area contributed by atoms with E-state index in [4.69, 9.17) is 4.42 Å². The van der Waals surface area contributed by atoms with E-state index in [1.54, 1.807) is 0 Å². The maximum absolute atomic E-state index is 6.36. The van der Waals surface area contributed by atoms with Crippen molar-refractivity contribution in [2.24, 2.45) is 0 Å². The quantitative estimate of drug-likeness (QED) is 0.210. The lowest BCUT2D eigenvalue weighted by Gasteiger charge is -2.28. The molecular formula is C40H25NOS. The molecule has 0 aliphatic carbocycles. The van der Waals surface area contributed by atoms with Gasteiger partial charge in [0.2, 0.25) is 0 Å². The first kappa shape index (κ1) is 24.2. The van der Waals surface area contributed by atoms with Gasteiger partial charge in [-0.05, 0) is 58.8 Å². The van der Waals surface area contributed by atoms with Crippen LogP contribution in [-0.2, 0) is 0 Å². The summed E-state index contributed by atoms with van der Waals surface area (Å²) in [5, 5.41) is 7.48. The number of anilines is 3. The molecule has 9 rings (SSSR count). The van der Waals surface area contributed by atoms with E-state index in [-0.39, 0.29) is 0 Å². The molecule has 9 aromatic rings. The Bertz CT molecular complexity index is 2470. The lowest BCUT2D eigenvalue weighted by molar-refractivity contribution is 0.669. The summed E-state index contributed by atoms with van der Waals surface area (Å²) in [4.78, 5) is 2.37. The van der Waals surface area contributed by atoms with Crippen molar-refractivity contribution in [3.63, 3.8) is 0 Å². The third kappa shape index (κ3) is 3.86. The van der Waals surface area contributed by atoms with E-state index < -0.39 is 0 Å². The van der Waals surface area contributed by atoms with Gasteiger partial charge in [0.25, 0.3) is 0 Å². The Kier molecular flexibility index (Phi) is 5.40. The molecule has 0 spiro atoms. The van der Waals surface area contributed by atoms with Crippen molar-refractivity contribution in [1.82, 2.24) is 0 Å². The summed E-state index contributed by atoms with van der Waals surface area (Å²) in [6.45, 7) is 0. The van der Waals surface area contributed by atoms with Crippen molar-refractivity contribution in [2.75, 3.05) is 4.90 Å². The first-order valence-corrected chi connectivity index (χ1v) is 15.3. The van der Waals surface area contributed by atoms with Crippen LogP contribution in [0.4, 0.5) is 17.1 Å². The Morgan fingerprint density at radius 1 is 0.465 bits per heavy atom. The molecule has 0 saturated carbocycles. The van der Waals surface area contributed by atoms with Crippen LogP contribution in [0.5, 0.6) is 0 Å². The average molecular weight is 568 g/mol. The van der Waals surface area contributed by atoms with E-state index in [9.17, 15) is 0 Å². The van der Waals surface area contributed by atoms with Crippen LogP contribution in [0.25, 0.3) is 64.0 Å². The number of thiophene rings is 1. The van der Waals surface area contributed by atoms with Crippen molar-refractivity contribution < 1.29 is 4.42 Å². The Hall–Kier alpha value is -5.38. The van der Waals surface area contributed by atoms with E-state index in [1.165, 1.54) is 42.1 Å². The second-order valence-electron chi connectivity index (χ2n) is 10.9. The van der Waals surface area contributed by atoms with Gasteiger partial charge in [0, 0.05) is 53.9 Å². The number of para-hydroxylation sites is 2. The molecule has 7 aromatic carbocycles. The number of hydrogen-bond donors (Lipinski definition) is 0. The molecule has 0 fully saturated rings. The molecule has 2 aromatic heterocycles. The van der Waals surface area contributed by atoms with Gasteiger partial charge in [-0.25, -0.2) is 0 Å². The zero-order chi connectivity index (χ0) is 28.3. The highest BCUT2D eigenvalue weighted by Gasteiger charge is 2.20. The molecule has 2 heterocycles. The molecule has 43 heavy (non-hydrogen) atoms.